The maximum Gasteiger partial charge on any atom is 0.530 e. The van der Waals surface area contributed by atoms with Gasteiger partial charge in [0.15, 0.2) is 17.7 Å². The summed E-state index contributed by atoms with van der Waals surface area (Å²) in [5.41, 5.74) is 4.30. The molecule has 8 N–H and O–H groups in total. The van der Waals surface area contributed by atoms with Gasteiger partial charge in [0.25, 0.3) is 7.82 Å². The number of nitrogens with one attached hydrogen (secondary N) is 2. The highest BCUT2D eigenvalue weighted by Crippen LogP contribution is 2.59. The fourth-order valence-electron chi connectivity index (χ4n) is 6.24. The molecule has 0 saturated carbocycles. The van der Waals surface area contributed by atoms with E-state index in [4.69, 9.17) is 28.6 Å². The van der Waals surface area contributed by atoms with Crippen molar-refractivity contribution < 1.29 is 80.1 Å². The number of aliphatic hydroxyl groups is 2. The zero-order valence-electron chi connectivity index (χ0n) is 38.7. The molecule has 1 aliphatic rings. The fraction of sp³-hybridized carbons (Fsp3) is 0.610. The number of amides is 2. The van der Waals surface area contributed by atoms with Crippen LogP contribution in [0.25, 0.3) is 11.2 Å². The van der Waals surface area contributed by atoms with Gasteiger partial charge in [-0.1, -0.05) is 82.2 Å². The van der Waals surface area contributed by atoms with Crippen LogP contribution in [0.2, 0.25) is 0 Å². The maximum absolute atomic E-state index is 13.2. The number of hydrogen-bond acceptors (Lipinski definition) is 20. The number of fused-ring (bicyclic) bond motifs is 1. The predicted molar refractivity (Wildman–Crippen MR) is 254 cm³/mol. The Morgan fingerprint density at radius 3 is 2.20 bits per heavy atom. The molecule has 2 amide bonds. The van der Waals surface area contributed by atoms with E-state index in [1.807, 2.05) is 24.3 Å². The zero-order chi connectivity index (χ0) is 51.1. The van der Waals surface area contributed by atoms with Gasteiger partial charge in [0.2, 0.25) is 11.8 Å². The minimum absolute atomic E-state index is 0.0121. The van der Waals surface area contributed by atoms with E-state index in [-0.39, 0.29) is 48.7 Å². The first-order chi connectivity index (χ1) is 32.6. The summed E-state index contributed by atoms with van der Waals surface area (Å²) in [6.07, 6.45) is 16.8. The second-order valence-electron chi connectivity index (χ2n) is 16.2. The Morgan fingerprint density at radius 1 is 0.928 bits per heavy atom. The summed E-state index contributed by atoms with van der Waals surface area (Å²) in [5.74, 6) is -2.14. The third kappa shape index (κ3) is 21.7. The van der Waals surface area contributed by atoms with Crippen molar-refractivity contribution in [2.24, 2.45) is 5.41 Å². The van der Waals surface area contributed by atoms with Crippen LogP contribution in [0.15, 0.2) is 61.3 Å². The van der Waals surface area contributed by atoms with Crippen LogP contribution in [0.3, 0.4) is 0 Å². The summed E-state index contributed by atoms with van der Waals surface area (Å²) in [6, 6.07) is 0. The van der Waals surface area contributed by atoms with Gasteiger partial charge in [-0.3, -0.25) is 37.5 Å². The molecule has 24 nitrogen and oxygen atoms in total. The quantitative estimate of drug-likeness (QED) is 0.0212. The van der Waals surface area contributed by atoms with Gasteiger partial charge in [0.05, 0.1) is 19.5 Å². The van der Waals surface area contributed by atoms with E-state index in [1.54, 1.807) is 0 Å². The van der Waals surface area contributed by atoms with Crippen molar-refractivity contribution in [2.75, 3.05) is 37.8 Å². The SMILES string of the molecule is CCCCCC=CCC=CCC=CCC=CCCCC(=O)OP(=O)(O)OC1C(COP(=O)(O)OP(=O)([O-])OCC(C)(C)C(O)C(=O)NCCC(=O)NCCS)OC(n2cnc3c(N)ncnc32)C1O. The number of phosphoric acid groups is 3. The molecule has 8 unspecified atom stereocenters. The van der Waals surface area contributed by atoms with Crippen LogP contribution >= 0.6 is 36.1 Å². The molecule has 1 aliphatic heterocycles. The third-order valence-electron chi connectivity index (χ3n) is 9.93. The summed E-state index contributed by atoms with van der Waals surface area (Å²) < 4.78 is 69.5. The molecule has 3 heterocycles. The molecule has 3 rings (SSSR count). The van der Waals surface area contributed by atoms with E-state index >= 15 is 0 Å². The smallest absolute Gasteiger partial charge is 0.530 e. The number of nitrogen functional groups attached to an aromatic ring is 1. The van der Waals surface area contributed by atoms with Crippen molar-refractivity contribution in [1.82, 2.24) is 30.2 Å². The number of anilines is 1. The minimum atomic E-state index is -5.78. The molecule has 28 heteroatoms. The van der Waals surface area contributed by atoms with Crippen LogP contribution < -0.4 is 21.3 Å². The number of imidazole rings is 1. The molecule has 0 radical (unpaired) electrons. The highest BCUT2D eigenvalue weighted by atomic mass is 32.1. The Labute approximate surface area is 406 Å². The first-order valence-corrected chi connectivity index (χ1v) is 27.3. The van der Waals surface area contributed by atoms with Crippen LogP contribution in [0.4, 0.5) is 5.82 Å². The topological polar surface area (TPSA) is 355 Å². The Morgan fingerprint density at radius 2 is 1.57 bits per heavy atom. The van der Waals surface area contributed by atoms with Crippen molar-refractivity contribution in [1.29, 1.82) is 0 Å². The summed E-state index contributed by atoms with van der Waals surface area (Å²) in [6.45, 7) is 2.67. The third-order valence-corrected chi connectivity index (χ3v) is 13.6. The lowest BCUT2D eigenvalue weighted by molar-refractivity contribution is -0.221. The number of rotatable bonds is 33. The number of thiol groups is 1. The predicted octanol–water partition coefficient (Wildman–Crippen LogP) is 4.40. The second kappa shape index (κ2) is 29.6. The van der Waals surface area contributed by atoms with Gasteiger partial charge in [-0.15, -0.1) is 0 Å². The van der Waals surface area contributed by atoms with E-state index in [2.05, 4.69) is 73.8 Å². The van der Waals surface area contributed by atoms with Gasteiger partial charge in [-0.25, -0.2) is 28.4 Å². The minimum Gasteiger partial charge on any atom is -0.756 e. The van der Waals surface area contributed by atoms with E-state index in [9.17, 15) is 53.0 Å². The number of phosphoric ester groups is 3. The number of hydrogen-bond donors (Lipinski definition) is 8. The number of carbonyl (C=O) groups is 3. The molecule has 388 valence electrons. The summed E-state index contributed by atoms with van der Waals surface area (Å²) >= 11 is 3.97. The summed E-state index contributed by atoms with van der Waals surface area (Å²) in [4.78, 5) is 82.6. The van der Waals surface area contributed by atoms with Crippen molar-refractivity contribution >= 4 is 70.9 Å². The number of unbranched alkanes of at least 4 members (excludes halogenated alkanes) is 4. The van der Waals surface area contributed by atoms with E-state index < -0.39 is 84.6 Å². The molecule has 69 heavy (non-hydrogen) atoms. The number of allylic oxidation sites excluding steroid dienone is 8. The monoisotopic (exact) mass is 1050 g/mol. The lowest BCUT2D eigenvalue weighted by Gasteiger charge is -2.32. The van der Waals surface area contributed by atoms with Crippen LogP contribution in [0, 0.1) is 5.41 Å². The van der Waals surface area contributed by atoms with Crippen LogP contribution in [-0.2, 0) is 55.2 Å². The maximum atomic E-state index is 13.2. The van der Waals surface area contributed by atoms with Gasteiger partial charge in [-0.2, -0.15) is 12.6 Å². The molecule has 0 aliphatic carbocycles. The van der Waals surface area contributed by atoms with Crippen molar-refractivity contribution in [3.05, 3.63) is 61.3 Å². The number of carbonyl (C=O) groups excluding carboxylic acids is 3. The summed E-state index contributed by atoms with van der Waals surface area (Å²) in [7, 11) is -16.9. The van der Waals surface area contributed by atoms with E-state index in [0.29, 0.717) is 25.1 Å². The molecular formula is C41H65N7O17P3S-. The van der Waals surface area contributed by atoms with Crippen LogP contribution in [-0.4, -0.2) is 114 Å². The highest BCUT2D eigenvalue weighted by Gasteiger charge is 2.51. The van der Waals surface area contributed by atoms with Crippen LogP contribution in [0.5, 0.6) is 0 Å². The van der Waals surface area contributed by atoms with E-state index in [1.165, 1.54) is 33.1 Å². The second-order valence-corrected chi connectivity index (χ2v) is 21.0. The Bertz CT molecular complexity index is 2230. The lowest BCUT2D eigenvalue weighted by atomic mass is 9.87. The number of nitrogens with zero attached hydrogens (tertiary/aromatic N) is 4. The number of ether oxygens (including phenoxy) is 1. The van der Waals surface area contributed by atoms with Gasteiger partial charge in [-0.05, 0) is 44.9 Å². The molecular weight excluding hydrogens is 987 g/mol. The van der Waals surface area contributed by atoms with Crippen LogP contribution in [0.1, 0.15) is 97.6 Å². The molecule has 1 fully saturated rings. The molecule has 0 aromatic carbocycles. The van der Waals surface area contributed by atoms with Gasteiger partial charge < -0.3 is 50.2 Å². The number of aromatic nitrogens is 4. The molecule has 2 aromatic rings. The fourth-order valence-corrected chi connectivity index (χ4v) is 9.53. The Balaban J connectivity index is 1.57. The standard InChI is InChI=1S/C41H66N7O17P3S/c1-4-5-6-7-8-9-10-11-12-13-14-15-16-17-18-19-20-21-32(50)63-68(58,59)64-35-30(62-40(34(35)51)48-29-47-33-37(42)45-28-46-38(33)48)26-60-66(54,55)65-67(56,57)61-27-41(2,3)36(52)39(53)44-23-22-31(49)43-24-25-69/h8-9,11-12,14-15,17-18,28-30,34-36,40,51-52,69H,4-7,10,13,16,19-27H2,1-3H3,(H,43,49)(H,44,53)(H,54,55)(H,56,57)(H,58,59)(H2,42,45,46)/p-1. The molecule has 8 atom stereocenters. The Hall–Kier alpha value is -3.64. The largest absolute Gasteiger partial charge is 0.756 e. The lowest BCUT2D eigenvalue weighted by Crippen LogP contribution is -2.46. The summed E-state index contributed by atoms with van der Waals surface area (Å²) in [5, 5.41) is 26.8. The molecule has 0 spiro atoms. The van der Waals surface area contributed by atoms with Crippen molar-refractivity contribution in [2.45, 2.75) is 122 Å². The van der Waals surface area contributed by atoms with Crippen molar-refractivity contribution in [3.8, 4) is 0 Å². The first-order valence-electron chi connectivity index (χ1n) is 22.2. The average molecular weight is 1050 g/mol. The van der Waals surface area contributed by atoms with Gasteiger partial charge in [0, 0.05) is 37.1 Å². The zero-order valence-corrected chi connectivity index (χ0v) is 42.3. The number of aliphatic hydroxyl groups excluding tert-OH is 2. The van der Waals surface area contributed by atoms with Gasteiger partial charge >= 0.3 is 21.6 Å². The van der Waals surface area contributed by atoms with Gasteiger partial charge in [0.1, 0.15) is 36.3 Å². The normalized spacial score (nSPS) is 20.9. The van der Waals surface area contributed by atoms with Crippen molar-refractivity contribution in [3.63, 3.8) is 0 Å². The molecule has 1 saturated heterocycles. The molecule has 0 bridgehead atoms. The van der Waals surface area contributed by atoms with E-state index in [0.717, 1.165) is 36.5 Å². The highest BCUT2D eigenvalue weighted by molar-refractivity contribution is 7.80. The number of nitrogens with two attached hydrogens (primary N) is 1. The first kappa shape index (κ1) is 59.7. The molecule has 2 aromatic heterocycles. The average Bonchev–Trinajstić information content (AvgIpc) is 3.84. The Kier molecular flexibility index (Phi) is 25.6.